The SMILES string of the molecule is CN=C(NCc1ccc(CN2CCCC2=O)cc1)N1CCCC(C)C1.I. The Kier molecular flexibility index (Phi) is 8.18. The monoisotopic (exact) mass is 470 g/mol. The van der Waals surface area contributed by atoms with Gasteiger partial charge < -0.3 is 15.1 Å². The van der Waals surface area contributed by atoms with Gasteiger partial charge in [0.05, 0.1) is 0 Å². The summed E-state index contributed by atoms with van der Waals surface area (Å²) in [6, 6.07) is 8.56. The normalized spacial score (nSPS) is 20.9. The summed E-state index contributed by atoms with van der Waals surface area (Å²) < 4.78 is 0. The van der Waals surface area contributed by atoms with Crippen molar-refractivity contribution in [2.24, 2.45) is 10.9 Å². The van der Waals surface area contributed by atoms with Crippen LogP contribution in [-0.4, -0.2) is 48.3 Å². The number of amides is 1. The summed E-state index contributed by atoms with van der Waals surface area (Å²) in [7, 11) is 1.86. The minimum absolute atomic E-state index is 0. The Bertz CT molecular complexity index is 617. The lowest BCUT2D eigenvalue weighted by Gasteiger charge is -2.33. The number of nitrogens with one attached hydrogen (secondary N) is 1. The van der Waals surface area contributed by atoms with Crippen LogP contribution in [0.2, 0.25) is 0 Å². The molecule has 2 aliphatic heterocycles. The molecular weight excluding hydrogens is 439 g/mol. The minimum Gasteiger partial charge on any atom is -0.352 e. The molecular formula is C20H31IN4O. The number of carbonyl (C=O) groups is 1. The second kappa shape index (κ2) is 10.1. The maximum atomic E-state index is 11.7. The number of halogens is 1. The Morgan fingerprint density at radius 2 is 1.92 bits per heavy atom. The fourth-order valence-electron chi connectivity index (χ4n) is 3.75. The van der Waals surface area contributed by atoms with Gasteiger partial charge in [-0.25, -0.2) is 0 Å². The summed E-state index contributed by atoms with van der Waals surface area (Å²) in [6.45, 7) is 6.89. The van der Waals surface area contributed by atoms with Crippen LogP contribution in [0.1, 0.15) is 43.7 Å². The second-order valence-corrected chi connectivity index (χ2v) is 7.33. The van der Waals surface area contributed by atoms with Crippen LogP contribution in [-0.2, 0) is 17.9 Å². The van der Waals surface area contributed by atoms with E-state index >= 15 is 0 Å². The van der Waals surface area contributed by atoms with E-state index < -0.39 is 0 Å². The molecule has 1 amide bonds. The Labute approximate surface area is 174 Å². The van der Waals surface area contributed by atoms with Gasteiger partial charge in [0.25, 0.3) is 0 Å². The zero-order valence-corrected chi connectivity index (χ0v) is 18.2. The topological polar surface area (TPSA) is 47.9 Å². The highest BCUT2D eigenvalue weighted by atomic mass is 127. The van der Waals surface area contributed by atoms with Crippen molar-refractivity contribution in [3.8, 4) is 0 Å². The van der Waals surface area contributed by atoms with Crippen molar-refractivity contribution in [2.45, 2.75) is 45.7 Å². The van der Waals surface area contributed by atoms with E-state index in [9.17, 15) is 4.79 Å². The number of benzene rings is 1. The second-order valence-electron chi connectivity index (χ2n) is 7.33. The standard InChI is InChI=1S/C20H30N4O.HI/c1-16-5-3-12-24(14-16)20(21-2)22-13-17-7-9-18(10-8-17)15-23-11-4-6-19(23)25;/h7-10,16H,3-6,11-15H2,1-2H3,(H,21,22);1H. The maximum Gasteiger partial charge on any atom is 0.222 e. The van der Waals surface area contributed by atoms with Crippen molar-refractivity contribution in [1.82, 2.24) is 15.1 Å². The first-order chi connectivity index (χ1) is 12.2. The molecule has 2 aliphatic rings. The van der Waals surface area contributed by atoms with Crippen molar-refractivity contribution in [2.75, 3.05) is 26.7 Å². The maximum absolute atomic E-state index is 11.7. The zero-order valence-electron chi connectivity index (χ0n) is 15.9. The molecule has 6 heteroatoms. The van der Waals surface area contributed by atoms with Gasteiger partial charge in [0.2, 0.25) is 5.91 Å². The molecule has 1 N–H and O–H groups in total. The van der Waals surface area contributed by atoms with Crippen LogP contribution in [0.4, 0.5) is 0 Å². The van der Waals surface area contributed by atoms with Crippen LogP contribution in [0.5, 0.6) is 0 Å². The number of carbonyl (C=O) groups excluding carboxylic acids is 1. The molecule has 1 aromatic carbocycles. The summed E-state index contributed by atoms with van der Waals surface area (Å²) in [6.07, 6.45) is 4.26. The fraction of sp³-hybridized carbons (Fsp3) is 0.600. The van der Waals surface area contributed by atoms with Gasteiger partial charge in [-0.1, -0.05) is 31.2 Å². The Balaban J connectivity index is 0.00000243. The Morgan fingerprint density at radius 1 is 1.19 bits per heavy atom. The molecule has 0 saturated carbocycles. The third-order valence-electron chi connectivity index (χ3n) is 5.19. The lowest BCUT2D eigenvalue weighted by Crippen LogP contribution is -2.45. The molecule has 5 nitrogen and oxygen atoms in total. The number of rotatable bonds is 4. The summed E-state index contributed by atoms with van der Waals surface area (Å²) in [5.41, 5.74) is 2.44. The van der Waals surface area contributed by atoms with Crippen LogP contribution >= 0.6 is 24.0 Å². The van der Waals surface area contributed by atoms with Gasteiger partial charge in [0.1, 0.15) is 0 Å². The predicted molar refractivity (Wildman–Crippen MR) is 117 cm³/mol. The van der Waals surface area contributed by atoms with E-state index in [0.29, 0.717) is 6.42 Å². The van der Waals surface area contributed by atoms with Crippen molar-refractivity contribution < 1.29 is 4.79 Å². The summed E-state index contributed by atoms with van der Waals surface area (Å²) in [5, 5.41) is 3.49. The molecule has 1 unspecified atom stereocenters. The van der Waals surface area contributed by atoms with E-state index in [1.165, 1.54) is 24.0 Å². The van der Waals surface area contributed by atoms with Gasteiger partial charge in [0, 0.05) is 46.2 Å². The third kappa shape index (κ3) is 5.59. The molecule has 0 radical (unpaired) electrons. The molecule has 3 rings (SSSR count). The quantitative estimate of drug-likeness (QED) is 0.418. The largest absolute Gasteiger partial charge is 0.352 e. The van der Waals surface area contributed by atoms with Crippen molar-refractivity contribution in [3.05, 3.63) is 35.4 Å². The predicted octanol–water partition coefficient (Wildman–Crippen LogP) is 3.23. The molecule has 0 spiro atoms. The first-order valence-corrected chi connectivity index (χ1v) is 9.47. The summed E-state index contributed by atoms with van der Waals surface area (Å²) >= 11 is 0. The number of guanidine groups is 1. The number of likely N-dealkylation sites (tertiary alicyclic amines) is 2. The van der Waals surface area contributed by atoms with Gasteiger partial charge in [-0.2, -0.15) is 0 Å². The van der Waals surface area contributed by atoms with Crippen molar-refractivity contribution in [3.63, 3.8) is 0 Å². The summed E-state index contributed by atoms with van der Waals surface area (Å²) in [4.78, 5) is 20.5. The van der Waals surface area contributed by atoms with Crippen LogP contribution in [0.3, 0.4) is 0 Å². The number of aliphatic imine (C=N–C) groups is 1. The van der Waals surface area contributed by atoms with Crippen LogP contribution < -0.4 is 5.32 Å². The van der Waals surface area contributed by atoms with Gasteiger partial charge in [-0.05, 0) is 36.3 Å². The number of hydrogen-bond acceptors (Lipinski definition) is 2. The molecule has 0 aliphatic carbocycles. The van der Waals surface area contributed by atoms with Crippen LogP contribution in [0.15, 0.2) is 29.3 Å². The zero-order chi connectivity index (χ0) is 17.6. The highest BCUT2D eigenvalue weighted by molar-refractivity contribution is 14.0. The van der Waals surface area contributed by atoms with E-state index in [1.54, 1.807) is 0 Å². The Hall–Kier alpha value is -1.31. The molecule has 1 aromatic rings. The van der Waals surface area contributed by atoms with E-state index in [0.717, 1.165) is 51.0 Å². The fourth-order valence-corrected chi connectivity index (χ4v) is 3.75. The molecule has 0 aromatic heterocycles. The minimum atomic E-state index is 0. The van der Waals surface area contributed by atoms with Crippen LogP contribution in [0, 0.1) is 5.92 Å². The molecule has 26 heavy (non-hydrogen) atoms. The average molecular weight is 470 g/mol. The number of nitrogens with zero attached hydrogens (tertiary/aromatic N) is 3. The van der Waals surface area contributed by atoms with Gasteiger partial charge in [-0.3, -0.25) is 9.79 Å². The summed E-state index contributed by atoms with van der Waals surface area (Å²) in [5.74, 6) is 2.02. The molecule has 2 saturated heterocycles. The molecule has 1 atom stereocenters. The first-order valence-electron chi connectivity index (χ1n) is 9.47. The Morgan fingerprint density at radius 3 is 2.54 bits per heavy atom. The number of hydrogen-bond donors (Lipinski definition) is 1. The van der Waals surface area contributed by atoms with Crippen molar-refractivity contribution >= 4 is 35.8 Å². The lowest BCUT2D eigenvalue weighted by molar-refractivity contribution is -0.128. The van der Waals surface area contributed by atoms with Gasteiger partial charge in [0.15, 0.2) is 5.96 Å². The van der Waals surface area contributed by atoms with Crippen LogP contribution in [0.25, 0.3) is 0 Å². The highest BCUT2D eigenvalue weighted by Crippen LogP contribution is 2.16. The van der Waals surface area contributed by atoms with E-state index in [-0.39, 0.29) is 29.9 Å². The molecule has 2 fully saturated rings. The first kappa shape index (κ1) is 21.0. The number of piperidine rings is 1. The molecule has 144 valence electrons. The van der Waals surface area contributed by atoms with Gasteiger partial charge in [-0.15, -0.1) is 24.0 Å². The van der Waals surface area contributed by atoms with E-state index in [4.69, 9.17) is 0 Å². The molecule has 2 heterocycles. The molecule has 0 bridgehead atoms. The van der Waals surface area contributed by atoms with E-state index in [2.05, 4.69) is 46.4 Å². The third-order valence-corrected chi connectivity index (χ3v) is 5.19. The highest BCUT2D eigenvalue weighted by Gasteiger charge is 2.20. The van der Waals surface area contributed by atoms with Crippen molar-refractivity contribution in [1.29, 1.82) is 0 Å². The lowest BCUT2D eigenvalue weighted by atomic mass is 10.0. The average Bonchev–Trinajstić information content (AvgIpc) is 3.02. The van der Waals surface area contributed by atoms with E-state index in [1.807, 2.05) is 11.9 Å². The van der Waals surface area contributed by atoms with Gasteiger partial charge >= 0.3 is 0 Å². The smallest absolute Gasteiger partial charge is 0.222 e.